The van der Waals surface area contributed by atoms with E-state index >= 15 is 0 Å². The highest BCUT2D eigenvalue weighted by atomic mass is 32.2. The molecule has 9 heteroatoms. The molecule has 1 heterocycles. The normalized spacial score (nSPS) is 11.0. The predicted octanol–water partition coefficient (Wildman–Crippen LogP) is 0.766. The highest BCUT2D eigenvalue weighted by Gasteiger charge is 2.17. The van der Waals surface area contributed by atoms with Crippen LogP contribution in [0.5, 0.6) is 5.75 Å². The molecule has 0 aromatic carbocycles. The number of hydrogen-bond donors (Lipinski definition) is 2. The van der Waals surface area contributed by atoms with E-state index in [9.17, 15) is 13.2 Å². The van der Waals surface area contributed by atoms with E-state index in [1.54, 1.807) is 6.92 Å². The van der Waals surface area contributed by atoms with Crippen molar-refractivity contribution in [3.63, 3.8) is 0 Å². The molecule has 0 saturated heterocycles. The molecule has 0 radical (unpaired) electrons. The minimum absolute atomic E-state index is 0.169. The summed E-state index contributed by atoms with van der Waals surface area (Å²) in [5, 5.41) is 8.01. The van der Waals surface area contributed by atoms with Crippen LogP contribution in [0.3, 0.4) is 0 Å². The Hall–Kier alpha value is -1.71. The van der Waals surface area contributed by atoms with Crippen LogP contribution in [-0.2, 0) is 20.8 Å². The number of rotatable bonds is 3. The fraction of sp³-hybridized carbons (Fsp3) is 0.250. The highest BCUT2D eigenvalue weighted by molar-refractivity contribution is 7.85. The molecule has 0 unspecified atom stereocenters. The molecule has 94 valence electrons. The fourth-order valence-corrected chi connectivity index (χ4v) is 1.63. The lowest BCUT2D eigenvalue weighted by molar-refractivity contribution is -0.191. The van der Waals surface area contributed by atoms with E-state index in [-0.39, 0.29) is 11.4 Å². The average molecular weight is 263 g/mol. The first-order valence-electron chi connectivity index (χ1n) is 4.27. The van der Waals surface area contributed by atoms with Crippen molar-refractivity contribution in [2.24, 2.45) is 0 Å². The van der Waals surface area contributed by atoms with E-state index in [2.05, 4.69) is 14.6 Å². The maximum Gasteiger partial charge on any atom is 0.545 e. The van der Waals surface area contributed by atoms with Crippen LogP contribution in [-0.4, -0.2) is 29.4 Å². The molecule has 0 saturated carbocycles. The Morgan fingerprint density at radius 3 is 2.65 bits per heavy atom. The van der Waals surface area contributed by atoms with Crippen molar-refractivity contribution in [1.29, 1.82) is 0 Å². The van der Waals surface area contributed by atoms with Gasteiger partial charge in [0, 0.05) is 5.69 Å². The van der Waals surface area contributed by atoms with Gasteiger partial charge in [-0.15, -0.1) is 0 Å². The van der Waals surface area contributed by atoms with Crippen LogP contribution in [0.15, 0.2) is 12.1 Å². The van der Waals surface area contributed by atoms with Crippen molar-refractivity contribution in [3.05, 3.63) is 23.5 Å². The number of pyridine rings is 1. The molecule has 17 heavy (non-hydrogen) atoms. The van der Waals surface area contributed by atoms with Gasteiger partial charge in [0.15, 0.2) is 5.75 Å². The quantitative estimate of drug-likeness (QED) is 0.354. The molecule has 0 aliphatic rings. The van der Waals surface area contributed by atoms with Crippen LogP contribution in [0.2, 0.25) is 0 Å². The summed E-state index contributed by atoms with van der Waals surface area (Å²) in [6.07, 6.45) is -1.44. The van der Waals surface area contributed by atoms with Gasteiger partial charge in [-0.3, -0.25) is 14.4 Å². The van der Waals surface area contributed by atoms with Crippen molar-refractivity contribution in [1.82, 2.24) is 4.98 Å². The molecule has 1 aromatic rings. The third-order valence-electron chi connectivity index (χ3n) is 1.66. The van der Waals surface area contributed by atoms with E-state index in [4.69, 9.17) is 9.81 Å². The molecule has 0 bridgehead atoms. The first kappa shape index (κ1) is 13.4. The van der Waals surface area contributed by atoms with E-state index in [0.29, 0.717) is 5.69 Å². The Morgan fingerprint density at radius 1 is 1.47 bits per heavy atom. The summed E-state index contributed by atoms with van der Waals surface area (Å²) in [4.78, 5) is 17.7. The molecule has 0 aliphatic heterocycles. The summed E-state index contributed by atoms with van der Waals surface area (Å²) in [7, 11) is -4.32. The number of aryl methyl sites for hydroxylation is 1. The Kier molecular flexibility index (Phi) is 3.99. The van der Waals surface area contributed by atoms with Gasteiger partial charge in [-0.05, 0) is 19.1 Å². The summed E-state index contributed by atoms with van der Waals surface area (Å²) < 4.78 is 34.6. The fourth-order valence-electron chi connectivity index (χ4n) is 1.08. The van der Waals surface area contributed by atoms with Crippen molar-refractivity contribution in [2.45, 2.75) is 12.7 Å². The summed E-state index contributed by atoms with van der Waals surface area (Å²) in [5.41, 5.74) is 0.297. The number of aromatic nitrogens is 1. The molecule has 8 nitrogen and oxygen atoms in total. The van der Waals surface area contributed by atoms with Crippen LogP contribution < -0.4 is 4.74 Å². The lowest BCUT2D eigenvalue weighted by Gasteiger charge is -2.07. The zero-order chi connectivity index (χ0) is 13.1. The Bertz CT molecular complexity index is 525. The second-order valence-corrected chi connectivity index (χ2v) is 4.52. The van der Waals surface area contributed by atoms with E-state index in [1.165, 1.54) is 12.1 Å². The first-order valence-corrected chi connectivity index (χ1v) is 5.87. The smallest absolute Gasteiger partial charge is 0.391 e. The van der Waals surface area contributed by atoms with Gasteiger partial charge in [0.1, 0.15) is 11.4 Å². The maximum atomic E-state index is 10.7. The van der Waals surface area contributed by atoms with Gasteiger partial charge in [0.2, 0.25) is 0 Å². The van der Waals surface area contributed by atoms with Gasteiger partial charge >= 0.3 is 6.16 Å². The SMILES string of the molecule is Cc1ccc(OC(=O)OO)c(CS(=O)(=O)O)n1. The second kappa shape index (κ2) is 5.08. The van der Waals surface area contributed by atoms with E-state index in [0.717, 1.165) is 0 Å². The molecule has 0 fully saturated rings. The third kappa shape index (κ3) is 4.34. The maximum absolute atomic E-state index is 10.7. The van der Waals surface area contributed by atoms with Crippen molar-refractivity contribution in [2.75, 3.05) is 0 Å². The van der Waals surface area contributed by atoms with Crippen LogP contribution in [0.4, 0.5) is 4.79 Å². The zero-order valence-corrected chi connectivity index (χ0v) is 9.47. The summed E-state index contributed by atoms with van der Waals surface area (Å²) in [6, 6.07) is 2.72. The van der Waals surface area contributed by atoms with Crippen molar-refractivity contribution >= 4 is 16.3 Å². The number of hydrogen-bond acceptors (Lipinski definition) is 7. The van der Waals surface area contributed by atoms with Crippen LogP contribution in [0, 0.1) is 6.92 Å². The Balaban J connectivity index is 3.08. The highest BCUT2D eigenvalue weighted by Crippen LogP contribution is 2.19. The molecule has 1 aromatic heterocycles. The van der Waals surface area contributed by atoms with Crippen LogP contribution in [0.1, 0.15) is 11.4 Å². The number of carbonyl (C=O) groups is 1. The minimum Gasteiger partial charge on any atom is -0.391 e. The molecule has 0 amide bonds. The molecule has 1 rings (SSSR count). The van der Waals surface area contributed by atoms with Crippen molar-refractivity contribution in [3.8, 4) is 5.75 Å². The van der Waals surface area contributed by atoms with Gasteiger partial charge in [0.25, 0.3) is 10.1 Å². The Labute approximate surface area is 96.5 Å². The molecule has 0 aliphatic carbocycles. The lowest BCUT2D eigenvalue weighted by Crippen LogP contribution is -2.12. The van der Waals surface area contributed by atoms with Gasteiger partial charge < -0.3 is 4.74 Å². The number of ether oxygens (including phenoxy) is 1. The van der Waals surface area contributed by atoms with Crippen LogP contribution >= 0.6 is 0 Å². The van der Waals surface area contributed by atoms with Crippen molar-refractivity contribution < 1.29 is 32.6 Å². The first-order chi connectivity index (χ1) is 7.81. The minimum atomic E-state index is -4.32. The van der Waals surface area contributed by atoms with E-state index in [1.807, 2.05) is 0 Å². The van der Waals surface area contributed by atoms with Gasteiger partial charge in [0.05, 0.1) is 0 Å². The predicted molar refractivity (Wildman–Crippen MR) is 54.0 cm³/mol. The second-order valence-electron chi connectivity index (χ2n) is 3.07. The van der Waals surface area contributed by atoms with Gasteiger partial charge in [-0.25, -0.2) is 4.79 Å². The van der Waals surface area contributed by atoms with E-state index < -0.39 is 22.0 Å². The molecular weight excluding hydrogens is 254 g/mol. The van der Waals surface area contributed by atoms with Gasteiger partial charge in [-0.2, -0.15) is 13.7 Å². The largest absolute Gasteiger partial charge is 0.545 e. The monoisotopic (exact) mass is 263 g/mol. The standard InChI is InChI=1S/C8H9NO7S/c1-5-2-3-7(15-8(10)16-11)6(9-5)4-17(12,13)14/h2-3,11H,4H2,1H3,(H,12,13,14). The molecule has 0 spiro atoms. The molecule has 0 atom stereocenters. The zero-order valence-electron chi connectivity index (χ0n) is 8.65. The number of carbonyl (C=O) groups excluding carboxylic acids is 1. The van der Waals surface area contributed by atoms with Gasteiger partial charge in [-0.1, -0.05) is 0 Å². The number of nitrogens with zero attached hydrogens (tertiary/aromatic N) is 1. The third-order valence-corrected chi connectivity index (χ3v) is 2.30. The average Bonchev–Trinajstić information content (AvgIpc) is 2.19. The summed E-state index contributed by atoms with van der Waals surface area (Å²) in [5.74, 6) is -1.05. The Morgan fingerprint density at radius 2 is 2.12 bits per heavy atom. The molecule has 2 N–H and O–H groups in total. The lowest BCUT2D eigenvalue weighted by atomic mass is 10.3. The molecular formula is C8H9NO7S. The van der Waals surface area contributed by atoms with Crippen LogP contribution in [0.25, 0.3) is 0 Å². The summed E-state index contributed by atoms with van der Waals surface area (Å²) >= 11 is 0. The topological polar surface area (TPSA) is 123 Å². The summed E-state index contributed by atoms with van der Waals surface area (Å²) in [6.45, 7) is 1.58.